The van der Waals surface area contributed by atoms with Gasteiger partial charge in [-0.15, -0.1) is 0 Å². The van der Waals surface area contributed by atoms with E-state index in [2.05, 4.69) is 0 Å². The van der Waals surface area contributed by atoms with E-state index >= 15 is 0 Å². The van der Waals surface area contributed by atoms with Crippen molar-refractivity contribution in [3.8, 4) is 5.75 Å². The molecule has 1 fully saturated rings. The van der Waals surface area contributed by atoms with Crippen molar-refractivity contribution in [3.05, 3.63) is 64.7 Å². The van der Waals surface area contributed by atoms with Crippen LogP contribution >= 0.6 is 23.4 Å². The Kier molecular flexibility index (Phi) is 5.11. The molecular formula is C18H16ClNO3S. The lowest BCUT2D eigenvalue weighted by atomic mass is 10.1. The number of hydrogen-bond acceptors (Lipinski definition) is 4. The molecule has 1 heterocycles. The van der Waals surface area contributed by atoms with Crippen LogP contribution in [0, 0.1) is 0 Å². The highest BCUT2D eigenvalue weighted by molar-refractivity contribution is 8.15. The molecular weight excluding hydrogens is 346 g/mol. The van der Waals surface area contributed by atoms with Crippen LogP contribution < -0.4 is 4.74 Å². The number of imide groups is 1. The van der Waals surface area contributed by atoms with Crippen LogP contribution in [-0.4, -0.2) is 28.4 Å². The van der Waals surface area contributed by atoms with Crippen LogP contribution in [0.3, 0.4) is 0 Å². The third kappa shape index (κ3) is 3.57. The van der Waals surface area contributed by atoms with Gasteiger partial charge in [-0.2, -0.15) is 0 Å². The fourth-order valence-electron chi connectivity index (χ4n) is 2.61. The molecule has 0 N–H and O–H groups in total. The van der Waals surface area contributed by atoms with Crippen molar-refractivity contribution >= 4 is 34.5 Å². The number of methoxy groups -OCH3 is 1. The molecule has 1 aliphatic rings. The average Bonchev–Trinajstić information content (AvgIpc) is 2.85. The predicted octanol–water partition coefficient (Wildman–Crippen LogP) is 4.16. The van der Waals surface area contributed by atoms with Crippen molar-refractivity contribution in [1.82, 2.24) is 4.90 Å². The summed E-state index contributed by atoms with van der Waals surface area (Å²) in [5, 5.41) is -0.00260. The summed E-state index contributed by atoms with van der Waals surface area (Å²) in [6.45, 7) is 0.268. The SMILES string of the molecule is COc1ccccc1C[C@H]1SC(=O)N(Cc2ccc(Cl)cc2)C1=O. The van der Waals surface area contributed by atoms with Gasteiger partial charge in [0.2, 0.25) is 5.91 Å². The molecule has 2 aromatic rings. The van der Waals surface area contributed by atoms with Crippen LogP contribution in [0.25, 0.3) is 0 Å². The zero-order chi connectivity index (χ0) is 17.1. The highest BCUT2D eigenvalue weighted by atomic mass is 35.5. The van der Waals surface area contributed by atoms with E-state index < -0.39 is 5.25 Å². The van der Waals surface area contributed by atoms with Gasteiger partial charge in [-0.1, -0.05) is 53.7 Å². The Morgan fingerprint density at radius 1 is 1.12 bits per heavy atom. The molecule has 0 saturated carbocycles. The fourth-order valence-corrected chi connectivity index (χ4v) is 3.76. The van der Waals surface area contributed by atoms with Crippen LogP contribution in [0.15, 0.2) is 48.5 Å². The number of ether oxygens (including phenoxy) is 1. The Bertz CT molecular complexity index is 763. The summed E-state index contributed by atoms with van der Waals surface area (Å²) >= 11 is 6.94. The van der Waals surface area contributed by atoms with Crippen molar-refractivity contribution in [1.29, 1.82) is 0 Å². The van der Waals surface area contributed by atoms with E-state index in [-0.39, 0.29) is 17.7 Å². The number of benzene rings is 2. The molecule has 2 amide bonds. The van der Waals surface area contributed by atoms with E-state index in [1.54, 1.807) is 19.2 Å². The summed E-state index contributed by atoms with van der Waals surface area (Å²) in [4.78, 5) is 26.1. The molecule has 3 rings (SSSR count). The number of halogens is 1. The number of carbonyl (C=O) groups excluding carboxylic acids is 2. The van der Waals surface area contributed by atoms with Crippen LogP contribution in [0.2, 0.25) is 5.02 Å². The molecule has 0 unspecified atom stereocenters. The van der Waals surface area contributed by atoms with Crippen molar-refractivity contribution in [2.24, 2.45) is 0 Å². The average molecular weight is 362 g/mol. The van der Waals surface area contributed by atoms with Gasteiger partial charge in [0, 0.05) is 5.02 Å². The van der Waals surface area contributed by atoms with Crippen LogP contribution in [0.1, 0.15) is 11.1 Å². The summed E-state index contributed by atoms with van der Waals surface area (Å²) in [5.41, 5.74) is 1.80. The van der Waals surface area contributed by atoms with Gasteiger partial charge < -0.3 is 4.74 Å². The zero-order valence-corrected chi connectivity index (χ0v) is 14.6. The number of carbonyl (C=O) groups is 2. The zero-order valence-electron chi connectivity index (χ0n) is 13.1. The summed E-state index contributed by atoms with van der Waals surface area (Å²) in [6.07, 6.45) is 0.469. The second-order valence-corrected chi connectivity index (χ2v) is 7.03. The molecule has 0 aliphatic carbocycles. The topological polar surface area (TPSA) is 46.6 Å². The molecule has 6 heteroatoms. The maximum Gasteiger partial charge on any atom is 0.289 e. The number of thioether (sulfide) groups is 1. The summed E-state index contributed by atoms with van der Waals surface area (Å²) in [7, 11) is 1.60. The van der Waals surface area contributed by atoms with Crippen molar-refractivity contribution in [2.45, 2.75) is 18.2 Å². The van der Waals surface area contributed by atoms with Gasteiger partial charge >= 0.3 is 0 Å². The maximum absolute atomic E-state index is 12.6. The molecule has 1 atom stereocenters. The van der Waals surface area contributed by atoms with Crippen LogP contribution in [-0.2, 0) is 17.8 Å². The molecule has 1 aliphatic heterocycles. The molecule has 0 spiro atoms. The maximum atomic E-state index is 12.6. The summed E-state index contributed by atoms with van der Waals surface area (Å²) in [5.74, 6) is 0.570. The first kappa shape index (κ1) is 16.9. The Morgan fingerprint density at radius 3 is 2.54 bits per heavy atom. The molecule has 4 nitrogen and oxygen atoms in total. The predicted molar refractivity (Wildman–Crippen MR) is 95.5 cm³/mol. The number of hydrogen-bond donors (Lipinski definition) is 0. The highest BCUT2D eigenvalue weighted by Gasteiger charge is 2.39. The van der Waals surface area contributed by atoms with E-state index in [9.17, 15) is 9.59 Å². The van der Waals surface area contributed by atoms with Gasteiger partial charge in [-0.3, -0.25) is 14.5 Å². The third-order valence-electron chi connectivity index (χ3n) is 3.86. The molecule has 1 saturated heterocycles. The van der Waals surface area contributed by atoms with E-state index in [0.29, 0.717) is 11.4 Å². The normalized spacial score (nSPS) is 17.4. The van der Waals surface area contributed by atoms with E-state index in [1.165, 1.54) is 4.90 Å². The van der Waals surface area contributed by atoms with Gasteiger partial charge in [0.15, 0.2) is 0 Å². The lowest BCUT2D eigenvalue weighted by Crippen LogP contribution is -2.31. The Morgan fingerprint density at radius 2 is 1.83 bits per heavy atom. The van der Waals surface area contributed by atoms with Crippen molar-refractivity contribution in [3.63, 3.8) is 0 Å². The highest BCUT2D eigenvalue weighted by Crippen LogP contribution is 2.32. The van der Waals surface area contributed by atoms with Crippen molar-refractivity contribution in [2.75, 3.05) is 7.11 Å². The van der Waals surface area contributed by atoms with Gasteiger partial charge in [0.25, 0.3) is 5.24 Å². The first-order valence-corrected chi connectivity index (χ1v) is 8.72. The number of nitrogens with zero attached hydrogens (tertiary/aromatic N) is 1. The Labute approximate surface area is 149 Å². The fraction of sp³-hybridized carbons (Fsp3) is 0.222. The molecule has 0 radical (unpaired) electrons. The second kappa shape index (κ2) is 7.28. The van der Waals surface area contributed by atoms with Gasteiger partial charge in [0.1, 0.15) is 5.75 Å². The number of amides is 2. The largest absolute Gasteiger partial charge is 0.496 e. The monoisotopic (exact) mass is 361 g/mol. The van der Waals surface area contributed by atoms with Gasteiger partial charge in [-0.25, -0.2) is 0 Å². The van der Waals surface area contributed by atoms with Crippen molar-refractivity contribution < 1.29 is 14.3 Å². The molecule has 2 aromatic carbocycles. The van der Waals surface area contributed by atoms with Gasteiger partial charge in [0.05, 0.1) is 18.9 Å². The molecule has 0 bridgehead atoms. The second-order valence-electron chi connectivity index (χ2n) is 5.44. The first-order valence-electron chi connectivity index (χ1n) is 7.47. The molecule has 124 valence electrons. The van der Waals surface area contributed by atoms with E-state index in [0.717, 1.165) is 28.6 Å². The minimum Gasteiger partial charge on any atom is -0.496 e. The number of rotatable bonds is 5. The minimum atomic E-state index is -0.416. The standard InChI is InChI=1S/C18H16ClNO3S/c1-23-15-5-3-2-4-13(15)10-16-17(21)20(18(22)24-16)11-12-6-8-14(19)9-7-12/h2-9,16H,10-11H2,1H3/t16-/m1/s1. The lowest BCUT2D eigenvalue weighted by Gasteiger charge is -2.14. The van der Waals surface area contributed by atoms with Gasteiger partial charge in [-0.05, 0) is 35.7 Å². The minimum absolute atomic E-state index is 0.161. The third-order valence-corrected chi connectivity index (χ3v) is 5.18. The summed E-state index contributed by atoms with van der Waals surface area (Å²) < 4.78 is 5.32. The summed E-state index contributed by atoms with van der Waals surface area (Å²) in [6, 6.07) is 14.7. The Balaban J connectivity index is 1.73. The molecule has 24 heavy (non-hydrogen) atoms. The first-order chi connectivity index (χ1) is 11.6. The Hall–Kier alpha value is -1.98. The number of para-hydroxylation sites is 1. The van der Waals surface area contributed by atoms with E-state index in [1.807, 2.05) is 36.4 Å². The lowest BCUT2D eigenvalue weighted by molar-refractivity contribution is -0.127. The quantitative estimate of drug-likeness (QED) is 0.802. The molecule has 0 aromatic heterocycles. The van der Waals surface area contributed by atoms with Crippen LogP contribution in [0.5, 0.6) is 5.75 Å². The van der Waals surface area contributed by atoms with Crippen LogP contribution in [0.4, 0.5) is 4.79 Å². The smallest absolute Gasteiger partial charge is 0.289 e. The van der Waals surface area contributed by atoms with E-state index in [4.69, 9.17) is 16.3 Å².